The monoisotopic (exact) mass is 282 g/mol. The molecule has 0 atom stereocenters. The van der Waals surface area contributed by atoms with Crippen molar-refractivity contribution in [2.75, 3.05) is 0 Å². The van der Waals surface area contributed by atoms with Crippen LogP contribution in [0.4, 0.5) is 4.39 Å². The van der Waals surface area contributed by atoms with Gasteiger partial charge in [0.05, 0.1) is 17.6 Å². The SMILES string of the molecule is CCCCc1nc2ccccc2n1Cc1ccccc1F. The Hall–Kier alpha value is -2.16. The van der Waals surface area contributed by atoms with Crippen LogP contribution in [0.1, 0.15) is 31.2 Å². The lowest BCUT2D eigenvalue weighted by Gasteiger charge is -2.10. The Morgan fingerprint density at radius 2 is 1.81 bits per heavy atom. The van der Waals surface area contributed by atoms with E-state index in [9.17, 15) is 4.39 Å². The molecule has 3 aromatic rings. The Kier molecular flexibility index (Phi) is 4.00. The van der Waals surface area contributed by atoms with Gasteiger partial charge in [-0.05, 0) is 24.6 Å². The van der Waals surface area contributed by atoms with Crippen LogP contribution in [0.15, 0.2) is 48.5 Å². The molecule has 0 aliphatic carbocycles. The second-order valence-electron chi connectivity index (χ2n) is 5.30. The zero-order valence-electron chi connectivity index (χ0n) is 12.2. The maximum absolute atomic E-state index is 13.9. The van der Waals surface area contributed by atoms with Gasteiger partial charge in [-0.15, -0.1) is 0 Å². The highest BCUT2D eigenvalue weighted by Crippen LogP contribution is 2.20. The van der Waals surface area contributed by atoms with E-state index in [4.69, 9.17) is 4.98 Å². The molecule has 0 saturated heterocycles. The van der Waals surface area contributed by atoms with Crippen LogP contribution < -0.4 is 0 Å². The van der Waals surface area contributed by atoms with Gasteiger partial charge in [-0.25, -0.2) is 9.37 Å². The third-order valence-corrected chi connectivity index (χ3v) is 3.77. The molecule has 0 spiro atoms. The van der Waals surface area contributed by atoms with E-state index in [1.807, 2.05) is 30.3 Å². The zero-order chi connectivity index (χ0) is 14.7. The Morgan fingerprint density at radius 3 is 2.62 bits per heavy atom. The van der Waals surface area contributed by atoms with Gasteiger partial charge in [0, 0.05) is 12.0 Å². The van der Waals surface area contributed by atoms with Gasteiger partial charge >= 0.3 is 0 Å². The van der Waals surface area contributed by atoms with Crippen molar-refractivity contribution in [1.82, 2.24) is 9.55 Å². The highest BCUT2D eigenvalue weighted by molar-refractivity contribution is 5.76. The van der Waals surface area contributed by atoms with Gasteiger partial charge in [0.15, 0.2) is 0 Å². The quantitative estimate of drug-likeness (QED) is 0.670. The third-order valence-electron chi connectivity index (χ3n) is 3.77. The van der Waals surface area contributed by atoms with E-state index < -0.39 is 0 Å². The summed E-state index contributed by atoms with van der Waals surface area (Å²) >= 11 is 0. The molecule has 2 nitrogen and oxygen atoms in total. The molecule has 0 N–H and O–H groups in total. The summed E-state index contributed by atoms with van der Waals surface area (Å²) in [5, 5.41) is 0. The fourth-order valence-corrected chi connectivity index (χ4v) is 2.62. The van der Waals surface area contributed by atoms with E-state index in [0.717, 1.165) is 36.1 Å². The maximum atomic E-state index is 13.9. The molecule has 108 valence electrons. The Bertz CT molecular complexity index is 746. The number of para-hydroxylation sites is 2. The van der Waals surface area contributed by atoms with Crippen molar-refractivity contribution in [2.45, 2.75) is 32.7 Å². The third kappa shape index (κ3) is 2.82. The van der Waals surface area contributed by atoms with Gasteiger partial charge in [0.25, 0.3) is 0 Å². The second-order valence-corrected chi connectivity index (χ2v) is 5.30. The topological polar surface area (TPSA) is 17.8 Å². The van der Waals surface area contributed by atoms with E-state index in [1.165, 1.54) is 6.07 Å². The van der Waals surface area contributed by atoms with Gasteiger partial charge in [0.2, 0.25) is 0 Å². The normalized spacial score (nSPS) is 11.1. The summed E-state index contributed by atoms with van der Waals surface area (Å²) in [6, 6.07) is 15.0. The van der Waals surface area contributed by atoms with E-state index in [1.54, 1.807) is 6.07 Å². The number of fused-ring (bicyclic) bond motifs is 1. The molecule has 21 heavy (non-hydrogen) atoms. The van der Waals surface area contributed by atoms with Crippen LogP contribution in [0.25, 0.3) is 11.0 Å². The molecule has 3 heteroatoms. The molecule has 2 aromatic carbocycles. The van der Waals surface area contributed by atoms with Crippen LogP contribution in [0.5, 0.6) is 0 Å². The predicted octanol–water partition coefficient (Wildman–Crippen LogP) is 4.57. The second kappa shape index (κ2) is 6.08. The van der Waals surface area contributed by atoms with E-state index in [0.29, 0.717) is 12.1 Å². The highest BCUT2D eigenvalue weighted by Gasteiger charge is 2.11. The van der Waals surface area contributed by atoms with E-state index in [-0.39, 0.29) is 5.82 Å². The van der Waals surface area contributed by atoms with E-state index in [2.05, 4.69) is 17.6 Å². The van der Waals surface area contributed by atoms with Gasteiger partial charge in [0.1, 0.15) is 11.6 Å². The summed E-state index contributed by atoms with van der Waals surface area (Å²) in [4.78, 5) is 4.72. The number of hydrogen-bond acceptors (Lipinski definition) is 1. The van der Waals surface area contributed by atoms with Crippen LogP contribution in [-0.4, -0.2) is 9.55 Å². The molecular weight excluding hydrogens is 263 g/mol. The Labute approximate surface area is 124 Å². The number of hydrogen-bond donors (Lipinski definition) is 0. The van der Waals surface area contributed by atoms with Gasteiger partial charge < -0.3 is 4.57 Å². The van der Waals surface area contributed by atoms with Gasteiger partial charge in [-0.1, -0.05) is 43.7 Å². The van der Waals surface area contributed by atoms with Crippen LogP contribution in [0, 0.1) is 5.82 Å². The molecule has 0 amide bonds. The average molecular weight is 282 g/mol. The number of halogens is 1. The maximum Gasteiger partial charge on any atom is 0.128 e. The first-order valence-electron chi connectivity index (χ1n) is 7.47. The number of unbranched alkanes of at least 4 members (excludes halogenated alkanes) is 1. The molecule has 1 heterocycles. The Morgan fingerprint density at radius 1 is 1.05 bits per heavy atom. The first kappa shape index (κ1) is 13.8. The van der Waals surface area contributed by atoms with Crippen LogP contribution in [0.2, 0.25) is 0 Å². The lowest BCUT2D eigenvalue weighted by atomic mass is 10.2. The summed E-state index contributed by atoms with van der Waals surface area (Å²) in [5.41, 5.74) is 2.77. The van der Waals surface area contributed by atoms with E-state index >= 15 is 0 Å². The minimum atomic E-state index is -0.156. The lowest BCUT2D eigenvalue weighted by molar-refractivity contribution is 0.595. The molecule has 0 unspecified atom stereocenters. The predicted molar refractivity (Wildman–Crippen MR) is 83.8 cm³/mol. The summed E-state index contributed by atoms with van der Waals surface area (Å²) in [6.45, 7) is 2.70. The highest BCUT2D eigenvalue weighted by atomic mass is 19.1. The molecule has 1 aromatic heterocycles. The average Bonchev–Trinajstić information content (AvgIpc) is 2.85. The van der Waals surface area contributed by atoms with Crippen molar-refractivity contribution in [2.24, 2.45) is 0 Å². The molecule has 0 aliphatic rings. The fourth-order valence-electron chi connectivity index (χ4n) is 2.62. The summed E-state index contributed by atoms with van der Waals surface area (Å²) in [5.74, 6) is 0.887. The van der Waals surface area contributed by atoms with Crippen molar-refractivity contribution >= 4 is 11.0 Å². The number of rotatable bonds is 5. The summed E-state index contributed by atoms with van der Waals surface area (Å²) in [7, 11) is 0. The number of aromatic nitrogens is 2. The lowest BCUT2D eigenvalue weighted by Crippen LogP contribution is -2.06. The minimum Gasteiger partial charge on any atom is -0.323 e. The molecule has 0 radical (unpaired) electrons. The summed E-state index contributed by atoms with van der Waals surface area (Å²) in [6.07, 6.45) is 3.16. The van der Waals surface area contributed by atoms with Crippen molar-refractivity contribution in [3.05, 3.63) is 65.7 Å². The first-order chi connectivity index (χ1) is 10.3. The standard InChI is InChI=1S/C18H19FN2/c1-2-3-12-18-20-16-10-6-7-11-17(16)21(18)13-14-8-4-5-9-15(14)19/h4-11H,2-3,12-13H2,1H3. The Balaban J connectivity index is 2.04. The smallest absolute Gasteiger partial charge is 0.128 e. The van der Waals surface area contributed by atoms with Crippen molar-refractivity contribution < 1.29 is 4.39 Å². The molecule has 0 saturated carbocycles. The molecule has 0 bridgehead atoms. The number of imidazole rings is 1. The van der Waals surface area contributed by atoms with Gasteiger partial charge in [-0.3, -0.25) is 0 Å². The fraction of sp³-hybridized carbons (Fsp3) is 0.278. The van der Waals surface area contributed by atoms with Crippen LogP contribution in [0.3, 0.4) is 0 Å². The first-order valence-corrected chi connectivity index (χ1v) is 7.47. The van der Waals surface area contributed by atoms with Crippen LogP contribution in [-0.2, 0) is 13.0 Å². The summed E-state index contributed by atoms with van der Waals surface area (Å²) < 4.78 is 16.1. The zero-order valence-corrected chi connectivity index (χ0v) is 12.2. The van der Waals surface area contributed by atoms with Crippen molar-refractivity contribution in [3.63, 3.8) is 0 Å². The van der Waals surface area contributed by atoms with Crippen LogP contribution >= 0.6 is 0 Å². The molecular formula is C18H19FN2. The molecule has 0 aliphatic heterocycles. The largest absolute Gasteiger partial charge is 0.323 e. The molecule has 0 fully saturated rings. The van der Waals surface area contributed by atoms with Crippen molar-refractivity contribution in [3.8, 4) is 0 Å². The number of benzene rings is 2. The number of nitrogens with zero attached hydrogens (tertiary/aromatic N) is 2. The van der Waals surface area contributed by atoms with Gasteiger partial charge in [-0.2, -0.15) is 0 Å². The molecule has 3 rings (SSSR count). The minimum absolute atomic E-state index is 0.156. The van der Waals surface area contributed by atoms with Crippen molar-refractivity contribution in [1.29, 1.82) is 0 Å². The number of aryl methyl sites for hydroxylation is 1.